The molecule has 0 aromatic heterocycles. The Balaban J connectivity index is 2.10. The summed E-state index contributed by atoms with van der Waals surface area (Å²) in [6.07, 6.45) is 5.77. The van der Waals surface area contributed by atoms with E-state index in [1.807, 2.05) is 7.05 Å². The zero-order valence-corrected chi connectivity index (χ0v) is 12.5. The molecule has 1 aliphatic rings. The highest BCUT2D eigenvalue weighted by Gasteiger charge is 2.27. The molecule has 1 aromatic rings. The summed E-state index contributed by atoms with van der Waals surface area (Å²) in [5.41, 5.74) is 0.654. The van der Waals surface area contributed by atoms with Gasteiger partial charge in [-0.1, -0.05) is 37.4 Å². The van der Waals surface area contributed by atoms with Crippen LogP contribution in [0.25, 0.3) is 0 Å². The van der Waals surface area contributed by atoms with Gasteiger partial charge in [-0.15, -0.1) is 0 Å². The van der Waals surface area contributed by atoms with Crippen LogP contribution in [0, 0.1) is 17.7 Å². The van der Waals surface area contributed by atoms with Gasteiger partial charge >= 0.3 is 0 Å². The lowest BCUT2D eigenvalue weighted by Crippen LogP contribution is -2.38. The molecular formula is C16H23ClFN. The van der Waals surface area contributed by atoms with Gasteiger partial charge in [0.15, 0.2) is 0 Å². The van der Waals surface area contributed by atoms with Gasteiger partial charge in [-0.25, -0.2) is 4.39 Å². The van der Waals surface area contributed by atoms with Gasteiger partial charge in [-0.3, -0.25) is 0 Å². The third-order valence-corrected chi connectivity index (χ3v) is 4.76. The topological polar surface area (TPSA) is 12.0 Å². The highest BCUT2D eigenvalue weighted by molar-refractivity contribution is 6.31. The zero-order chi connectivity index (χ0) is 13.8. The van der Waals surface area contributed by atoms with Crippen molar-refractivity contribution in [1.82, 2.24) is 5.32 Å². The maximum atomic E-state index is 13.9. The zero-order valence-electron chi connectivity index (χ0n) is 11.8. The fraction of sp³-hybridized carbons (Fsp3) is 0.625. The van der Waals surface area contributed by atoms with Crippen LogP contribution in [0.1, 0.15) is 38.2 Å². The number of hydrogen-bond donors (Lipinski definition) is 1. The molecule has 1 fully saturated rings. The van der Waals surface area contributed by atoms with E-state index in [0.717, 1.165) is 5.92 Å². The lowest BCUT2D eigenvalue weighted by atomic mass is 9.77. The molecule has 1 aliphatic carbocycles. The molecule has 0 heterocycles. The van der Waals surface area contributed by atoms with Gasteiger partial charge in [0.2, 0.25) is 0 Å². The smallest absolute Gasteiger partial charge is 0.127 e. The number of benzene rings is 1. The van der Waals surface area contributed by atoms with Crippen LogP contribution in [-0.2, 0) is 6.42 Å². The Hall–Kier alpha value is -0.600. The second-order valence-electron chi connectivity index (χ2n) is 5.83. The fourth-order valence-corrected chi connectivity index (χ4v) is 3.54. The maximum absolute atomic E-state index is 13.9. The summed E-state index contributed by atoms with van der Waals surface area (Å²) < 4.78 is 13.9. The van der Waals surface area contributed by atoms with E-state index in [1.54, 1.807) is 12.1 Å². The van der Waals surface area contributed by atoms with Gasteiger partial charge in [-0.2, -0.15) is 0 Å². The maximum Gasteiger partial charge on any atom is 0.127 e. The van der Waals surface area contributed by atoms with Gasteiger partial charge < -0.3 is 5.32 Å². The highest BCUT2D eigenvalue weighted by atomic mass is 35.5. The van der Waals surface area contributed by atoms with Crippen LogP contribution < -0.4 is 5.32 Å². The molecule has 106 valence electrons. The third kappa shape index (κ3) is 3.70. The van der Waals surface area contributed by atoms with Crippen LogP contribution in [0.3, 0.4) is 0 Å². The number of rotatable bonds is 4. The molecule has 1 N–H and O–H groups in total. The van der Waals surface area contributed by atoms with E-state index in [2.05, 4.69) is 12.2 Å². The SMILES string of the molecule is CNC(Cc1c(F)cccc1Cl)C1CCCC(C)C1. The predicted molar refractivity (Wildman–Crippen MR) is 79.1 cm³/mol. The largest absolute Gasteiger partial charge is 0.316 e. The average molecular weight is 284 g/mol. The van der Waals surface area contributed by atoms with E-state index in [-0.39, 0.29) is 5.82 Å². The van der Waals surface area contributed by atoms with Crippen LogP contribution in [0.5, 0.6) is 0 Å². The molecule has 1 saturated carbocycles. The summed E-state index contributed by atoms with van der Waals surface area (Å²) in [5, 5.41) is 3.92. The summed E-state index contributed by atoms with van der Waals surface area (Å²) in [4.78, 5) is 0. The van der Waals surface area contributed by atoms with Crippen LogP contribution in [0.4, 0.5) is 4.39 Å². The minimum atomic E-state index is -0.184. The quantitative estimate of drug-likeness (QED) is 0.862. The molecule has 0 aliphatic heterocycles. The Morgan fingerprint density at radius 2 is 2.21 bits per heavy atom. The summed E-state index contributed by atoms with van der Waals surface area (Å²) in [6, 6.07) is 5.25. The lowest BCUT2D eigenvalue weighted by Gasteiger charge is -2.33. The Bertz CT molecular complexity index is 401. The van der Waals surface area contributed by atoms with E-state index in [4.69, 9.17) is 11.6 Å². The second-order valence-corrected chi connectivity index (χ2v) is 6.24. The molecule has 0 amide bonds. The Morgan fingerprint density at radius 1 is 1.42 bits per heavy atom. The Morgan fingerprint density at radius 3 is 2.84 bits per heavy atom. The standard InChI is InChI=1S/C16H23ClFN/c1-11-5-3-6-12(9-11)16(19-2)10-13-14(17)7-4-8-15(13)18/h4,7-8,11-12,16,19H,3,5-6,9-10H2,1-2H3. The van der Waals surface area contributed by atoms with Crippen molar-refractivity contribution < 1.29 is 4.39 Å². The van der Waals surface area contributed by atoms with Crippen LogP contribution in [0.15, 0.2) is 18.2 Å². The average Bonchev–Trinajstić information content (AvgIpc) is 2.38. The monoisotopic (exact) mass is 283 g/mol. The van der Waals surface area contributed by atoms with Crippen molar-refractivity contribution >= 4 is 11.6 Å². The molecule has 2 rings (SSSR count). The molecular weight excluding hydrogens is 261 g/mol. The summed E-state index contributed by atoms with van der Waals surface area (Å²) in [5.74, 6) is 1.23. The van der Waals surface area contributed by atoms with Gasteiger partial charge in [0.05, 0.1) is 0 Å². The van der Waals surface area contributed by atoms with E-state index in [9.17, 15) is 4.39 Å². The summed E-state index contributed by atoms with van der Waals surface area (Å²) in [6.45, 7) is 2.31. The fourth-order valence-electron chi connectivity index (χ4n) is 3.30. The van der Waals surface area contributed by atoms with Gasteiger partial charge in [0.25, 0.3) is 0 Å². The predicted octanol–water partition coefficient (Wildman–Crippen LogP) is 4.44. The number of nitrogens with one attached hydrogen (secondary N) is 1. The van der Waals surface area contributed by atoms with Gasteiger partial charge in [-0.05, 0) is 50.3 Å². The van der Waals surface area contributed by atoms with E-state index >= 15 is 0 Å². The minimum Gasteiger partial charge on any atom is -0.316 e. The first-order valence-electron chi connectivity index (χ1n) is 7.22. The normalized spacial score (nSPS) is 25.3. The molecule has 0 radical (unpaired) electrons. The van der Waals surface area contributed by atoms with Crippen molar-refractivity contribution in [1.29, 1.82) is 0 Å². The molecule has 0 bridgehead atoms. The molecule has 1 aromatic carbocycles. The second kappa shape index (κ2) is 6.71. The third-order valence-electron chi connectivity index (χ3n) is 4.40. The molecule has 0 spiro atoms. The van der Waals surface area contributed by atoms with Crippen LogP contribution in [0.2, 0.25) is 5.02 Å². The Kier molecular flexibility index (Phi) is 5.23. The van der Waals surface area contributed by atoms with Crippen LogP contribution in [-0.4, -0.2) is 13.1 Å². The first-order chi connectivity index (χ1) is 9.11. The van der Waals surface area contributed by atoms with Crippen LogP contribution >= 0.6 is 11.6 Å². The minimum absolute atomic E-state index is 0.184. The summed E-state index contributed by atoms with van der Waals surface area (Å²) in [7, 11) is 1.97. The van der Waals surface area contributed by atoms with E-state index < -0.39 is 0 Å². The van der Waals surface area contributed by atoms with E-state index in [0.29, 0.717) is 29.0 Å². The van der Waals surface area contributed by atoms with Crippen molar-refractivity contribution in [2.75, 3.05) is 7.05 Å². The number of halogens is 2. The Labute approximate surface area is 120 Å². The van der Waals surface area contributed by atoms with Crippen molar-refractivity contribution in [2.24, 2.45) is 11.8 Å². The van der Waals surface area contributed by atoms with Crippen molar-refractivity contribution in [2.45, 2.75) is 45.1 Å². The molecule has 3 heteroatoms. The summed E-state index contributed by atoms with van der Waals surface area (Å²) >= 11 is 6.13. The number of likely N-dealkylation sites (N-methyl/N-ethyl adjacent to an activating group) is 1. The van der Waals surface area contributed by atoms with Crippen molar-refractivity contribution in [3.05, 3.63) is 34.6 Å². The number of hydrogen-bond acceptors (Lipinski definition) is 1. The first kappa shape index (κ1) is 14.8. The van der Waals surface area contributed by atoms with Crippen molar-refractivity contribution in [3.63, 3.8) is 0 Å². The lowest BCUT2D eigenvalue weighted by molar-refractivity contribution is 0.226. The molecule has 0 saturated heterocycles. The molecule has 1 nitrogen and oxygen atoms in total. The van der Waals surface area contributed by atoms with Crippen molar-refractivity contribution in [3.8, 4) is 0 Å². The first-order valence-corrected chi connectivity index (χ1v) is 7.59. The molecule has 3 unspecified atom stereocenters. The molecule has 19 heavy (non-hydrogen) atoms. The van der Waals surface area contributed by atoms with E-state index in [1.165, 1.54) is 31.7 Å². The van der Waals surface area contributed by atoms with Gasteiger partial charge in [0, 0.05) is 16.6 Å². The van der Waals surface area contributed by atoms with Gasteiger partial charge in [0.1, 0.15) is 5.82 Å². The molecule has 3 atom stereocenters. The highest BCUT2D eigenvalue weighted by Crippen LogP contribution is 2.33.